The molecule has 2 fully saturated rings. The van der Waals surface area contributed by atoms with E-state index in [0.717, 1.165) is 0 Å². The first kappa shape index (κ1) is 18.5. The number of carbonyl (C=O) groups excluding carboxylic acids is 1. The third-order valence-corrected chi connectivity index (χ3v) is 7.47. The number of methoxy groups -OCH3 is 2. The van der Waals surface area contributed by atoms with Crippen LogP contribution in [-0.4, -0.2) is 63.1 Å². The molecule has 1 aromatic carbocycles. The summed E-state index contributed by atoms with van der Waals surface area (Å²) < 4.78 is 34.0. The van der Waals surface area contributed by atoms with Crippen molar-refractivity contribution in [3.63, 3.8) is 0 Å². The molecule has 0 aromatic heterocycles. The van der Waals surface area contributed by atoms with E-state index in [1.54, 1.807) is 23.1 Å². The maximum atomic E-state index is 12.0. The first-order chi connectivity index (χ1) is 11.8. The number of fused-ring (bicyclic) bond motifs is 1. The van der Waals surface area contributed by atoms with Gasteiger partial charge in [-0.3, -0.25) is 4.79 Å². The number of thioether (sulfide) groups is 1. The second-order valence-corrected chi connectivity index (χ2v) is 9.48. The van der Waals surface area contributed by atoms with Crippen LogP contribution in [0.5, 0.6) is 5.75 Å². The van der Waals surface area contributed by atoms with Gasteiger partial charge in [0, 0.05) is 18.0 Å². The number of hydrogen-bond acceptors (Lipinski definition) is 6. The highest BCUT2D eigenvalue weighted by Gasteiger charge is 2.49. The molecule has 2 saturated heterocycles. The van der Waals surface area contributed by atoms with Gasteiger partial charge in [-0.2, -0.15) is 4.99 Å². The molecule has 0 N–H and O–H groups in total. The third-order valence-electron chi connectivity index (χ3n) is 3.97. The number of carbonyl (C=O) groups is 1. The van der Waals surface area contributed by atoms with Crippen molar-refractivity contribution >= 4 is 50.0 Å². The normalized spacial score (nSPS) is 26.0. The SMILES string of the molecule is COCC(=O)N=C1S[C@H]2CS(=O)(=O)C[C@@H]2N1c1ccc(OC)c(Cl)c1. The van der Waals surface area contributed by atoms with Gasteiger partial charge in [0.1, 0.15) is 12.4 Å². The van der Waals surface area contributed by atoms with Crippen LogP contribution in [0.1, 0.15) is 0 Å². The van der Waals surface area contributed by atoms with Crippen LogP contribution in [0, 0.1) is 0 Å². The van der Waals surface area contributed by atoms with E-state index in [1.807, 2.05) is 0 Å². The molecular formula is C15H17ClN2O5S2. The van der Waals surface area contributed by atoms with E-state index in [4.69, 9.17) is 21.1 Å². The summed E-state index contributed by atoms with van der Waals surface area (Å²) in [6.45, 7) is -0.130. The molecule has 2 atom stereocenters. The average molecular weight is 405 g/mol. The largest absolute Gasteiger partial charge is 0.495 e. The molecule has 0 saturated carbocycles. The highest BCUT2D eigenvalue weighted by atomic mass is 35.5. The maximum absolute atomic E-state index is 12.0. The molecule has 1 amide bonds. The molecule has 25 heavy (non-hydrogen) atoms. The molecule has 0 radical (unpaired) electrons. The Hall–Kier alpha value is -1.29. The third kappa shape index (κ3) is 3.79. The Morgan fingerprint density at radius 2 is 2.16 bits per heavy atom. The van der Waals surface area contributed by atoms with E-state index in [9.17, 15) is 13.2 Å². The van der Waals surface area contributed by atoms with Gasteiger partial charge in [0.15, 0.2) is 15.0 Å². The van der Waals surface area contributed by atoms with Gasteiger partial charge in [0.25, 0.3) is 5.91 Å². The summed E-state index contributed by atoms with van der Waals surface area (Å²) in [5.74, 6) is 0.186. The summed E-state index contributed by atoms with van der Waals surface area (Å²) in [6, 6.07) is 4.88. The fourth-order valence-electron chi connectivity index (χ4n) is 2.93. The number of rotatable bonds is 4. The lowest BCUT2D eigenvalue weighted by Gasteiger charge is -2.25. The van der Waals surface area contributed by atoms with Crippen molar-refractivity contribution < 1.29 is 22.7 Å². The Morgan fingerprint density at radius 1 is 1.40 bits per heavy atom. The Kier molecular flexibility index (Phi) is 5.29. The molecule has 0 aliphatic carbocycles. The van der Waals surface area contributed by atoms with Crippen LogP contribution in [0.3, 0.4) is 0 Å². The predicted octanol–water partition coefficient (Wildman–Crippen LogP) is 1.60. The molecule has 10 heteroatoms. The zero-order chi connectivity index (χ0) is 18.2. The summed E-state index contributed by atoms with van der Waals surface area (Å²) in [4.78, 5) is 17.7. The van der Waals surface area contributed by atoms with Crippen molar-refractivity contribution in [1.29, 1.82) is 0 Å². The lowest BCUT2D eigenvalue weighted by atomic mass is 10.2. The molecule has 2 aliphatic rings. The number of hydrogen-bond donors (Lipinski definition) is 0. The Balaban J connectivity index is 2.00. The van der Waals surface area contributed by atoms with Crippen LogP contribution in [0.25, 0.3) is 0 Å². The zero-order valence-electron chi connectivity index (χ0n) is 13.6. The van der Waals surface area contributed by atoms with Crippen LogP contribution in [0.15, 0.2) is 23.2 Å². The topological polar surface area (TPSA) is 85.3 Å². The number of ether oxygens (including phenoxy) is 2. The minimum atomic E-state index is -3.12. The average Bonchev–Trinajstić information content (AvgIpc) is 2.98. The van der Waals surface area contributed by atoms with Crippen LogP contribution >= 0.6 is 23.4 Å². The number of sulfone groups is 1. The zero-order valence-corrected chi connectivity index (χ0v) is 16.0. The molecular weight excluding hydrogens is 388 g/mol. The van der Waals surface area contributed by atoms with Gasteiger partial charge in [-0.25, -0.2) is 8.42 Å². The van der Waals surface area contributed by atoms with E-state index >= 15 is 0 Å². The van der Waals surface area contributed by atoms with Gasteiger partial charge >= 0.3 is 0 Å². The van der Waals surface area contributed by atoms with E-state index in [2.05, 4.69) is 4.99 Å². The number of anilines is 1. The first-order valence-electron chi connectivity index (χ1n) is 7.45. The van der Waals surface area contributed by atoms with E-state index in [0.29, 0.717) is 21.6 Å². The van der Waals surface area contributed by atoms with E-state index < -0.39 is 15.7 Å². The van der Waals surface area contributed by atoms with Crippen molar-refractivity contribution in [3.05, 3.63) is 23.2 Å². The van der Waals surface area contributed by atoms with E-state index in [1.165, 1.54) is 26.0 Å². The van der Waals surface area contributed by atoms with Gasteiger partial charge in [-0.05, 0) is 18.2 Å². The van der Waals surface area contributed by atoms with Crippen molar-refractivity contribution in [2.45, 2.75) is 11.3 Å². The van der Waals surface area contributed by atoms with Gasteiger partial charge in [0.05, 0.1) is 29.7 Å². The molecule has 0 unspecified atom stereocenters. The van der Waals surface area contributed by atoms with Crippen molar-refractivity contribution in [2.75, 3.05) is 37.2 Å². The van der Waals surface area contributed by atoms with Crippen molar-refractivity contribution in [3.8, 4) is 5.75 Å². The Morgan fingerprint density at radius 3 is 2.80 bits per heavy atom. The molecule has 3 rings (SSSR count). The molecule has 0 bridgehead atoms. The Bertz CT molecular complexity index is 827. The quantitative estimate of drug-likeness (QED) is 0.753. The molecule has 1 aromatic rings. The molecule has 136 valence electrons. The number of halogens is 1. The lowest BCUT2D eigenvalue weighted by Crippen LogP contribution is -2.37. The minimum Gasteiger partial charge on any atom is -0.495 e. The monoisotopic (exact) mass is 404 g/mol. The summed E-state index contributed by atoms with van der Waals surface area (Å²) in [6.07, 6.45) is 0. The van der Waals surface area contributed by atoms with Crippen molar-refractivity contribution in [1.82, 2.24) is 0 Å². The number of nitrogens with zero attached hydrogens (tertiary/aromatic N) is 2. The predicted molar refractivity (Wildman–Crippen MR) is 98.6 cm³/mol. The summed E-state index contributed by atoms with van der Waals surface area (Å²) in [7, 11) is -0.181. The van der Waals surface area contributed by atoms with Gasteiger partial charge < -0.3 is 14.4 Å². The number of aliphatic imine (C=N–C) groups is 1. The smallest absolute Gasteiger partial charge is 0.274 e. The second kappa shape index (κ2) is 7.14. The van der Waals surface area contributed by atoms with Crippen LogP contribution in [0.4, 0.5) is 5.69 Å². The fourth-order valence-corrected chi connectivity index (χ4v) is 7.12. The van der Waals surface area contributed by atoms with Gasteiger partial charge in [-0.1, -0.05) is 23.4 Å². The highest BCUT2D eigenvalue weighted by Crippen LogP contribution is 2.42. The molecule has 2 heterocycles. The van der Waals surface area contributed by atoms with Crippen molar-refractivity contribution in [2.24, 2.45) is 4.99 Å². The van der Waals surface area contributed by atoms with Crippen LogP contribution < -0.4 is 9.64 Å². The van der Waals surface area contributed by atoms with Gasteiger partial charge in [0.2, 0.25) is 0 Å². The Labute approximate surface area is 155 Å². The minimum absolute atomic E-state index is 0.0196. The second-order valence-electron chi connectivity index (χ2n) is 5.71. The summed E-state index contributed by atoms with van der Waals surface area (Å²) in [5, 5.41) is 0.699. The standard InChI is InChI=1S/C15H17ClN2O5S2/c1-22-6-14(19)17-15-18(9-3-4-12(23-2)10(16)5-9)11-7-25(20,21)8-13(11)24-15/h3-5,11,13H,6-8H2,1-2H3/t11-,13-/m0/s1. The fraction of sp³-hybridized carbons (Fsp3) is 0.467. The van der Waals surface area contributed by atoms with Crippen LogP contribution in [-0.2, 0) is 19.4 Å². The maximum Gasteiger partial charge on any atom is 0.274 e. The van der Waals surface area contributed by atoms with E-state index in [-0.39, 0.29) is 29.4 Å². The molecule has 2 aliphatic heterocycles. The number of amidine groups is 1. The molecule has 7 nitrogen and oxygen atoms in total. The number of amides is 1. The highest BCUT2D eigenvalue weighted by molar-refractivity contribution is 8.16. The first-order valence-corrected chi connectivity index (χ1v) is 10.5. The summed E-state index contributed by atoms with van der Waals surface area (Å²) in [5.41, 5.74) is 0.673. The number of benzene rings is 1. The lowest BCUT2D eigenvalue weighted by molar-refractivity contribution is -0.121. The molecule has 0 spiro atoms. The van der Waals surface area contributed by atoms with Gasteiger partial charge in [-0.15, -0.1) is 0 Å². The summed E-state index contributed by atoms with van der Waals surface area (Å²) >= 11 is 7.51. The van der Waals surface area contributed by atoms with Crippen LogP contribution in [0.2, 0.25) is 5.02 Å².